The van der Waals surface area contributed by atoms with Gasteiger partial charge in [-0.3, -0.25) is 4.79 Å². The lowest BCUT2D eigenvalue weighted by molar-refractivity contribution is -0.276. The Morgan fingerprint density at radius 2 is 1.76 bits per heavy atom. The Morgan fingerprint density at radius 3 is 2.00 bits per heavy atom. The molecule has 5 nitrogen and oxygen atoms in total. The van der Waals surface area contributed by atoms with Crippen molar-refractivity contribution in [2.24, 2.45) is 22.8 Å². The smallest absolute Gasteiger partial charge is 0.405 e. The van der Waals surface area contributed by atoms with Crippen molar-refractivity contribution in [3.63, 3.8) is 0 Å². The molecular weight excluding hydrogens is 234 g/mol. The average Bonchev–Trinajstić information content (AvgIpc) is 1.95. The fourth-order valence-corrected chi connectivity index (χ4v) is 2.65. The first-order valence-electron chi connectivity index (χ1n) is 5.09. The van der Waals surface area contributed by atoms with Crippen LogP contribution in [0.15, 0.2) is 0 Å². The van der Waals surface area contributed by atoms with Gasteiger partial charge in [-0.25, -0.2) is 13.6 Å². The largest absolute Gasteiger partial charge is 0.432 e. The predicted octanol–water partition coefficient (Wildman–Crippen LogP) is 1.01. The van der Waals surface area contributed by atoms with Crippen molar-refractivity contribution < 1.29 is 23.1 Å². The van der Waals surface area contributed by atoms with Crippen molar-refractivity contribution in [1.29, 1.82) is 0 Å². The lowest BCUT2D eigenvalue weighted by atomic mass is 9.55. The number of alkyl halides is 2. The number of ether oxygens (including phenoxy) is 1. The third-order valence-electron chi connectivity index (χ3n) is 2.95. The van der Waals surface area contributed by atoms with Gasteiger partial charge in [0.05, 0.1) is 12.3 Å². The van der Waals surface area contributed by atoms with E-state index in [4.69, 9.17) is 11.5 Å². The van der Waals surface area contributed by atoms with Crippen molar-refractivity contribution in [2.75, 3.05) is 0 Å². The second-order valence-corrected chi connectivity index (χ2v) is 5.41. The van der Waals surface area contributed by atoms with E-state index >= 15 is 0 Å². The topological polar surface area (TPSA) is 95.4 Å². The van der Waals surface area contributed by atoms with Gasteiger partial charge in [-0.05, 0) is 5.41 Å². The van der Waals surface area contributed by atoms with Gasteiger partial charge < -0.3 is 16.2 Å². The molecule has 1 saturated carbocycles. The Hall–Kier alpha value is -1.40. The van der Waals surface area contributed by atoms with Crippen molar-refractivity contribution in [3.05, 3.63) is 0 Å². The van der Waals surface area contributed by atoms with Crippen LogP contribution in [-0.4, -0.2) is 23.5 Å². The van der Waals surface area contributed by atoms with E-state index in [2.05, 4.69) is 4.74 Å². The first-order chi connectivity index (χ1) is 7.43. The quantitative estimate of drug-likeness (QED) is 0.765. The summed E-state index contributed by atoms with van der Waals surface area (Å²) < 4.78 is 31.7. The van der Waals surface area contributed by atoms with E-state index in [0.717, 1.165) is 0 Å². The Bertz CT molecular complexity index is 355. The van der Waals surface area contributed by atoms with E-state index in [9.17, 15) is 18.4 Å². The molecule has 0 radical (unpaired) electrons. The summed E-state index contributed by atoms with van der Waals surface area (Å²) in [5.74, 6) is -5.68. The zero-order valence-corrected chi connectivity index (χ0v) is 9.92. The number of amides is 2. The standard InChI is InChI=1S/C10H16F2N2O3/c1-8(2,3)5-9(6(13)15,17-7(14)16)4-10(5,11)12/h5H,4H2,1-3H3,(H2,13,15)(H2,14,16). The zero-order valence-electron chi connectivity index (χ0n) is 9.92. The second kappa shape index (κ2) is 3.54. The van der Waals surface area contributed by atoms with E-state index in [1.807, 2.05) is 0 Å². The van der Waals surface area contributed by atoms with Crippen LogP contribution >= 0.6 is 0 Å². The van der Waals surface area contributed by atoms with Gasteiger partial charge in [-0.2, -0.15) is 0 Å². The van der Waals surface area contributed by atoms with Crippen molar-refractivity contribution in [3.8, 4) is 0 Å². The fraction of sp³-hybridized carbons (Fsp3) is 0.800. The molecule has 1 aliphatic carbocycles. The molecule has 0 heterocycles. The molecule has 2 unspecified atom stereocenters. The van der Waals surface area contributed by atoms with Gasteiger partial charge in [0.2, 0.25) is 5.60 Å². The van der Waals surface area contributed by atoms with Crippen LogP contribution in [0, 0.1) is 11.3 Å². The van der Waals surface area contributed by atoms with Crippen LogP contribution in [0.4, 0.5) is 13.6 Å². The summed E-state index contributed by atoms with van der Waals surface area (Å²) in [6, 6.07) is 0. The van der Waals surface area contributed by atoms with Crippen molar-refractivity contribution >= 4 is 12.0 Å². The summed E-state index contributed by atoms with van der Waals surface area (Å²) in [4.78, 5) is 22.1. The van der Waals surface area contributed by atoms with Gasteiger partial charge in [0.15, 0.2) is 0 Å². The molecule has 4 N–H and O–H groups in total. The maximum Gasteiger partial charge on any atom is 0.405 e. The highest BCUT2D eigenvalue weighted by atomic mass is 19.3. The highest BCUT2D eigenvalue weighted by molar-refractivity contribution is 5.88. The average molecular weight is 250 g/mol. The summed E-state index contributed by atoms with van der Waals surface area (Å²) in [5, 5.41) is 0. The van der Waals surface area contributed by atoms with E-state index < -0.39 is 41.3 Å². The summed E-state index contributed by atoms with van der Waals surface area (Å²) in [6.45, 7) is 4.56. The molecule has 1 aliphatic rings. The van der Waals surface area contributed by atoms with Crippen LogP contribution in [0.3, 0.4) is 0 Å². The van der Waals surface area contributed by atoms with Crippen molar-refractivity contribution in [1.82, 2.24) is 0 Å². The molecule has 2 amide bonds. The monoisotopic (exact) mass is 250 g/mol. The van der Waals surface area contributed by atoms with E-state index in [-0.39, 0.29) is 0 Å². The third-order valence-corrected chi connectivity index (χ3v) is 2.95. The van der Waals surface area contributed by atoms with Gasteiger partial charge in [0, 0.05) is 0 Å². The number of carbonyl (C=O) groups is 2. The lowest BCUT2D eigenvalue weighted by Gasteiger charge is -2.56. The van der Waals surface area contributed by atoms with Crippen LogP contribution in [0.2, 0.25) is 0 Å². The Morgan fingerprint density at radius 1 is 1.29 bits per heavy atom. The molecule has 0 saturated heterocycles. The second-order valence-electron chi connectivity index (χ2n) is 5.41. The minimum atomic E-state index is -3.11. The molecule has 98 valence electrons. The first-order valence-corrected chi connectivity index (χ1v) is 5.09. The molecule has 0 bridgehead atoms. The SMILES string of the molecule is CC(C)(C)C1C(F)(F)CC1(OC(N)=O)C(N)=O. The van der Waals surface area contributed by atoms with Gasteiger partial charge in [0.1, 0.15) is 0 Å². The minimum absolute atomic E-state index is 0.916. The number of hydrogen-bond donors (Lipinski definition) is 2. The number of hydrogen-bond acceptors (Lipinski definition) is 3. The number of nitrogens with two attached hydrogens (primary N) is 2. The predicted molar refractivity (Wildman–Crippen MR) is 55.1 cm³/mol. The molecule has 2 atom stereocenters. The normalized spacial score (nSPS) is 31.5. The van der Waals surface area contributed by atoms with Gasteiger partial charge in [-0.1, -0.05) is 20.8 Å². The van der Waals surface area contributed by atoms with E-state index in [1.165, 1.54) is 20.8 Å². The van der Waals surface area contributed by atoms with E-state index in [0.29, 0.717) is 0 Å². The van der Waals surface area contributed by atoms with Crippen LogP contribution in [0.25, 0.3) is 0 Å². The summed E-state index contributed by atoms with van der Waals surface area (Å²) in [6.07, 6.45) is -2.20. The number of halogens is 2. The lowest BCUT2D eigenvalue weighted by Crippen LogP contribution is -2.73. The molecule has 0 aromatic rings. The van der Waals surface area contributed by atoms with Crippen LogP contribution in [-0.2, 0) is 9.53 Å². The zero-order chi connectivity index (χ0) is 13.6. The number of rotatable bonds is 2. The highest BCUT2D eigenvalue weighted by Gasteiger charge is 2.74. The van der Waals surface area contributed by atoms with Crippen molar-refractivity contribution in [2.45, 2.75) is 38.7 Å². The number of carbonyl (C=O) groups excluding carboxylic acids is 2. The van der Waals surface area contributed by atoms with Crippen LogP contribution in [0.5, 0.6) is 0 Å². The molecule has 1 rings (SSSR count). The van der Waals surface area contributed by atoms with Gasteiger partial charge >= 0.3 is 6.09 Å². The van der Waals surface area contributed by atoms with Crippen LogP contribution in [0.1, 0.15) is 27.2 Å². The molecule has 0 aromatic heterocycles. The fourth-order valence-electron chi connectivity index (χ4n) is 2.65. The third kappa shape index (κ3) is 2.05. The Kier molecular flexibility index (Phi) is 2.85. The van der Waals surface area contributed by atoms with Gasteiger partial charge in [-0.15, -0.1) is 0 Å². The highest BCUT2D eigenvalue weighted by Crippen LogP contribution is 2.60. The first kappa shape index (κ1) is 13.7. The molecule has 7 heteroatoms. The Balaban J connectivity index is 3.17. The van der Waals surface area contributed by atoms with E-state index in [1.54, 1.807) is 0 Å². The maximum absolute atomic E-state index is 13.6. The summed E-state index contributed by atoms with van der Waals surface area (Å²) in [5.41, 5.74) is 6.93. The molecule has 0 aliphatic heterocycles. The molecule has 0 aromatic carbocycles. The number of primary amides is 2. The maximum atomic E-state index is 13.6. The van der Waals surface area contributed by atoms with Gasteiger partial charge in [0.25, 0.3) is 11.8 Å². The molecular formula is C10H16F2N2O3. The molecule has 1 fully saturated rings. The summed E-state index contributed by atoms with van der Waals surface area (Å²) >= 11 is 0. The minimum Gasteiger partial charge on any atom is -0.432 e. The molecule has 17 heavy (non-hydrogen) atoms. The molecule has 0 spiro atoms. The van der Waals surface area contributed by atoms with Crippen LogP contribution < -0.4 is 11.5 Å². The Labute approximate surface area is 97.5 Å². The summed E-state index contributed by atoms with van der Waals surface area (Å²) in [7, 11) is 0.